The summed E-state index contributed by atoms with van der Waals surface area (Å²) in [4.78, 5) is 12.1. The van der Waals surface area contributed by atoms with E-state index in [1.165, 1.54) is 154 Å². The van der Waals surface area contributed by atoms with Gasteiger partial charge in [-0.2, -0.15) is 0 Å². The fraction of sp³-hybridized carbons (Fsp3) is 0.875. The average molecular weight is 621 g/mol. The highest BCUT2D eigenvalue weighted by Crippen LogP contribution is 2.13. The fourth-order valence-corrected chi connectivity index (χ4v) is 5.59. The van der Waals surface area contributed by atoms with Crippen molar-refractivity contribution in [2.75, 3.05) is 19.8 Å². The summed E-state index contributed by atoms with van der Waals surface area (Å²) in [6.45, 7) is 5.33. The predicted molar refractivity (Wildman–Crippen MR) is 191 cm³/mol. The molecular formula is C40H76O4. The second kappa shape index (κ2) is 38.1. The molecule has 1 unspecified atom stereocenters. The van der Waals surface area contributed by atoms with Gasteiger partial charge in [-0.3, -0.25) is 4.79 Å². The number of hydrogen-bond acceptors (Lipinski definition) is 4. The predicted octanol–water partition coefficient (Wildman–Crippen LogP) is 12.4. The topological polar surface area (TPSA) is 55.8 Å². The molecule has 0 bridgehead atoms. The molecule has 0 fully saturated rings. The molecule has 0 saturated carbocycles. The van der Waals surface area contributed by atoms with Crippen LogP contribution in [0.4, 0.5) is 0 Å². The molecule has 1 N–H and O–H groups in total. The monoisotopic (exact) mass is 621 g/mol. The van der Waals surface area contributed by atoms with Crippen molar-refractivity contribution in [3.8, 4) is 0 Å². The van der Waals surface area contributed by atoms with Crippen LogP contribution in [0.25, 0.3) is 0 Å². The zero-order valence-corrected chi connectivity index (χ0v) is 29.7. The maximum Gasteiger partial charge on any atom is 0.306 e. The van der Waals surface area contributed by atoms with Gasteiger partial charge in [0.2, 0.25) is 0 Å². The van der Waals surface area contributed by atoms with E-state index in [2.05, 4.69) is 38.2 Å². The lowest BCUT2D eigenvalue weighted by Crippen LogP contribution is -2.27. The number of allylic oxidation sites excluding steroid dienone is 4. The summed E-state index contributed by atoms with van der Waals surface area (Å²) in [7, 11) is 0. The number of unbranched alkanes of at least 4 members (excludes halogenated alkanes) is 24. The summed E-state index contributed by atoms with van der Waals surface area (Å²) >= 11 is 0. The molecule has 0 rings (SSSR count). The van der Waals surface area contributed by atoms with Gasteiger partial charge in [-0.25, -0.2) is 0 Å². The largest absolute Gasteiger partial charge is 0.457 e. The van der Waals surface area contributed by atoms with Gasteiger partial charge in [-0.1, -0.05) is 173 Å². The molecule has 0 spiro atoms. The highest BCUT2D eigenvalue weighted by Gasteiger charge is 2.13. The van der Waals surface area contributed by atoms with Crippen LogP contribution in [0.2, 0.25) is 0 Å². The molecule has 44 heavy (non-hydrogen) atoms. The quantitative estimate of drug-likeness (QED) is 0.0430. The molecule has 4 nitrogen and oxygen atoms in total. The molecule has 1 atom stereocenters. The highest BCUT2D eigenvalue weighted by atomic mass is 16.6. The third-order valence-electron chi connectivity index (χ3n) is 8.53. The van der Waals surface area contributed by atoms with E-state index in [1.807, 2.05) is 0 Å². The standard InChI is InChI=1S/C40H76O4/c1-3-5-7-9-11-13-15-16-17-18-19-20-21-22-23-24-25-26-28-30-32-34-36-43-38-39(37-41)44-40(42)35-33-31-29-27-14-12-10-8-6-4-2/h15-16,18-19,39,41H,3-14,17,20-38H2,1-2H3/b16-15-,19-18-. The number of carbonyl (C=O) groups excluding carboxylic acids is 1. The van der Waals surface area contributed by atoms with Gasteiger partial charge in [-0.15, -0.1) is 0 Å². The lowest BCUT2D eigenvalue weighted by Gasteiger charge is -2.16. The Bertz CT molecular complexity index is 614. The van der Waals surface area contributed by atoms with Crippen molar-refractivity contribution in [1.82, 2.24) is 0 Å². The van der Waals surface area contributed by atoms with Gasteiger partial charge < -0.3 is 14.6 Å². The van der Waals surface area contributed by atoms with Crippen LogP contribution in [0.5, 0.6) is 0 Å². The van der Waals surface area contributed by atoms with E-state index in [0.717, 1.165) is 25.7 Å². The second-order valence-electron chi connectivity index (χ2n) is 13.0. The van der Waals surface area contributed by atoms with Crippen molar-refractivity contribution < 1.29 is 19.4 Å². The van der Waals surface area contributed by atoms with Gasteiger partial charge in [0.25, 0.3) is 0 Å². The number of aliphatic hydroxyl groups excluding tert-OH is 1. The van der Waals surface area contributed by atoms with Crippen LogP contribution in [0.15, 0.2) is 24.3 Å². The molecule has 0 saturated heterocycles. The fourth-order valence-electron chi connectivity index (χ4n) is 5.59. The Morgan fingerprint density at radius 3 is 1.41 bits per heavy atom. The molecule has 0 radical (unpaired) electrons. The summed E-state index contributed by atoms with van der Waals surface area (Å²) in [6, 6.07) is 0. The van der Waals surface area contributed by atoms with Crippen molar-refractivity contribution in [3.63, 3.8) is 0 Å². The normalized spacial score (nSPS) is 12.5. The first-order chi connectivity index (χ1) is 21.7. The first-order valence-corrected chi connectivity index (χ1v) is 19.4. The first kappa shape index (κ1) is 42.9. The summed E-state index contributed by atoms with van der Waals surface area (Å²) in [5, 5.41) is 9.54. The van der Waals surface area contributed by atoms with Crippen LogP contribution in [-0.4, -0.2) is 37.0 Å². The third-order valence-corrected chi connectivity index (χ3v) is 8.53. The lowest BCUT2D eigenvalue weighted by molar-refractivity contribution is -0.154. The Balaban J connectivity index is 3.39. The molecule has 0 amide bonds. The van der Waals surface area contributed by atoms with Crippen molar-refractivity contribution in [2.24, 2.45) is 0 Å². The molecular weight excluding hydrogens is 544 g/mol. The molecule has 0 aliphatic rings. The van der Waals surface area contributed by atoms with Gasteiger partial charge in [0.15, 0.2) is 0 Å². The number of hydrogen-bond donors (Lipinski definition) is 1. The minimum absolute atomic E-state index is 0.169. The molecule has 0 heterocycles. The summed E-state index contributed by atoms with van der Waals surface area (Å²) in [5.41, 5.74) is 0. The Hall–Kier alpha value is -1.13. The lowest BCUT2D eigenvalue weighted by atomic mass is 10.1. The summed E-state index contributed by atoms with van der Waals surface area (Å²) < 4.78 is 11.1. The van der Waals surface area contributed by atoms with Gasteiger partial charge in [0, 0.05) is 13.0 Å². The van der Waals surface area contributed by atoms with Crippen molar-refractivity contribution >= 4 is 5.97 Å². The molecule has 260 valence electrons. The van der Waals surface area contributed by atoms with E-state index < -0.39 is 6.10 Å². The Morgan fingerprint density at radius 2 is 0.955 bits per heavy atom. The van der Waals surface area contributed by atoms with Gasteiger partial charge in [-0.05, 0) is 44.9 Å². The number of rotatable bonds is 36. The minimum Gasteiger partial charge on any atom is -0.457 e. The first-order valence-electron chi connectivity index (χ1n) is 19.4. The Kier molecular flexibility index (Phi) is 37.1. The zero-order chi connectivity index (χ0) is 32.0. The minimum atomic E-state index is -0.529. The molecule has 0 aromatic carbocycles. The maximum absolute atomic E-state index is 12.1. The van der Waals surface area contributed by atoms with E-state index in [4.69, 9.17) is 9.47 Å². The van der Waals surface area contributed by atoms with Gasteiger partial charge >= 0.3 is 5.97 Å². The van der Waals surface area contributed by atoms with E-state index in [-0.39, 0.29) is 12.6 Å². The SMILES string of the molecule is CCCCCCC/C=C\C/C=C\CCCCCCCCCCCCOCC(CO)OC(=O)CCCCCCCCCCCC. The molecule has 0 aliphatic heterocycles. The van der Waals surface area contributed by atoms with Crippen LogP contribution in [0, 0.1) is 0 Å². The van der Waals surface area contributed by atoms with E-state index in [1.54, 1.807) is 0 Å². The highest BCUT2D eigenvalue weighted by molar-refractivity contribution is 5.69. The van der Waals surface area contributed by atoms with Crippen molar-refractivity contribution in [3.05, 3.63) is 24.3 Å². The van der Waals surface area contributed by atoms with E-state index in [9.17, 15) is 9.90 Å². The zero-order valence-electron chi connectivity index (χ0n) is 29.7. The van der Waals surface area contributed by atoms with Crippen molar-refractivity contribution in [2.45, 2.75) is 206 Å². The third kappa shape index (κ3) is 35.4. The summed E-state index contributed by atoms with van der Waals surface area (Å²) in [6.07, 6.45) is 45.1. The number of esters is 1. The van der Waals surface area contributed by atoms with E-state index >= 15 is 0 Å². The molecule has 0 aliphatic carbocycles. The second-order valence-corrected chi connectivity index (χ2v) is 13.0. The Labute approximate surface area is 275 Å². The molecule has 0 aromatic heterocycles. The Morgan fingerprint density at radius 1 is 0.545 bits per heavy atom. The van der Waals surface area contributed by atoms with Crippen LogP contribution in [0.1, 0.15) is 200 Å². The van der Waals surface area contributed by atoms with Crippen LogP contribution >= 0.6 is 0 Å². The van der Waals surface area contributed by atoms with Crippen LogP contribution in [0.3, 0.4) is 0 Å². The number of aliphatic hydroxyl groups is 1. The molecule has 0 aromatic rings. The molecule has 4 heteroatoms. The van der Waals surface area contributed by atoms with E-state index in [0.29, 0.717) is 19.6 Å². The smallest absolute Gasteiger partial charge is 0.306 e. The van der Waals surface area contributed by atoms with Crippen LogP contribution < -0.4 is 0 Å². The van der Waals surface area contributed by atoms with Gasteiger partial charge in [0.05, 0.1) is 13.2 Å². The van der Waals surface area contributed by atoms with Crippen molar-refractivity contribution in [1.29, 1.82) is 0 Å². The van der Waals surface area contributed by atoms with Gasteiger partial charge in [0.1, 0.15) is 6.10 Å². The number of carbonyl (C=O) groups is 1. The number of ether oxygens (including phenoxy) is 2. The average Bonchev–Trinajstić information content (AvgIpc) is 3.03. The summed E-state index contributed by atoms with van der Waals surface area (Å²) in [5.74, 6) is -0.203. The maximum atomic E-state index is 12.1. The van der Waals surface area contributed by atoms with Crippen LogP contribution in [-0.2, 0) is 14.3 Å².